The van der Waals surface area contributed by atoms with Crippen molar-refractivity contribution in [3.8, 4) is 0 Å². The van der Waals surface area contributed by atoms with Crippen LogP contribution in [-0.4, -0.2) is 50.2 Å². The first-order chi connectivity index (χ1) is 14.2. The number of aryl methyl sites for hydroxylation is 1. The fourth-order valence-corrected chi connectivity index (χ4v) is 4.22. The van der Waals surface area contributed by atoms with Crippen LogP contribution in [0.15, 0.2) is 48.5 Å². The number of nitrogens with zero attached hydrogens (tertiary/aromatic N) is 3. The molecule has 5 heteroatoms. The summed E-state index contributed by atoms with van der Waals surface area (Å²) in [5.41, 5.74) is 4.73. The molecule has 2 saturated heterocycles. The quantitative estimate of drug-likeness (QED) is 0.827. The van der Waals surface area contributed by atoms with E-state index in [1.165, 1.54) is 36.2 Å². The second kappa shape index (κ2) is 9.21. The molecule has 2 fully saturated rings. The molecule has 2 amide bonds. The van der Waals surface area contributed by atoms with E-state index in [9.17, 15) is 4.79 Å². The Hall–Kier alpha value is -2.69. The van der Waals surface area contributed by atoms with Crippen molar-refractivity contribution in [1.29, 1.82) is 0 Å². The molecule has 0 saturated carbocycles. The molecule has 2 aliphatic rings. The normalized spacial score (nSPS) is 17.3. The van der Waals surface area contributed by atoms with Crippen LogP contribution in [0.3, 0.4) is 0 Å². The van der Waals surface area contributed by atoms with Gasteiger partial charge in [-0.15, -0.1) is 0 Å². The lowest BCUT2D eigenvalue weighted by atomic mass is 10.1. The molecule has 0 radical (unpaired) electrons. The number of hydrogen-bond acceptors (Lipinski definition) is 3. The van der Waals surface area contributed by atoms with Crippen LogP contribution >= 0.6 is 0 Å². The average molecular weight is 393 g/mol. The number of carbonyl (C=O) groups excluding carboxylic acids is 1. The first-order valence-electron chi connectivity index (χ1n) is 11.0. The number of hydrogen-bond donors (Lipinski definition) is 1. The van der Waals surface area contributed by atoms with E-state index in [4.69, 9.17) is 0 Å². The van der Waals surface area contributed by atoms with Gasteiger partial charge in [0.25, 0.3) is 0 Å². The Morgan fingerprint density at radius 1 is 0.759 bits per heavy atom. The highest BCUT2D eigenvalue weighted by atomic mass is 16.2. The third kappa shape index (κ3) is 4.84. The Kier molecular flexibility index (Phi) is 6.23. The molecule has 2 aromatic rings. The van der Waals surface area contributed by atoms with Crippen molar-refractivity contribution in [3.05, 3.63) is 54.1 Å². The van der Waals surface area contributed by atoms with Crippen LogP contribution in [0.2, 0.25) is 0 Å². The summed E-state index contributed by atoms with van der Waals surface area (Å²) in [5, 5.41) is 3.06. The van der Waals surface area contributed by atoms with Gasteiger partial charge in [-0.1, -0.05) is 19.1 Å². The molecule has 154 valence electrons. The molecule has 5 nitrogen and oxygen atoms in total. The second-order valence-electron chi connectivity index (χ2n) is 8.02. The van der Waals surface area contributed by atoms with E-state index in [1.807, 2.05) is 17.0 Å². The topological polar surface area (TPSA) is 38.8 Å². The fourth-order valence-electron chi connectivity index (χ4n) is 4.22. The summed E-state index contributed by atoms with van der Waals surface area (Å²) in [6.45, 7) is 7.67. The van der Waals surface area contributed by atoms with Crippen LogP contribution in [0.4, 0.5) is 21.9 Å². The van der Waals surface area contributed by atoms with Gasteiger partial charge in [0.15, 0.2) is 0 Å². The fraction of sp³-hybridized carbons (Fsp3) is 0.458. The third-order valence-corrected chi connectivity index (χ3v) is 6.12. The molecule has 0 unspecified atom stereocenters. The predicted octanol–water partition coefficient (Wildman–Crippen LogP) is 4.59. The third-order valence-electron chi connectivity index (χ3n) is 6.12. The number of piperidine rings is 1. The molecule has 0 spiro atoms. The maximum atomic E-state index is 12.7. The lowest BCUT2D eigenvalue weighted by Crippen LogP contribution is -2.50. The molecule has 2 aromatic carbocycles. The van der Waals surface area contributed by atoms with Gasteiger partial charge in [-0.2, -0.15) is 0 Å². The molecule has 4 rings (SSSR count). The van der Waals surface area contributed by atoms with Crippen LogP contribution in [0.25, 0.3) is 0 Å². The molecule has 1 N–H and O–H groups in total. The van der Waals surface area contributed by atoms with Crippen molar-refractivity contribution in [2.24, 2.45) is 0 Å². The van der Waals surface area contributed by atoms with Crippen molar-refractivity contribution >= 4 is 23.1 Å². The van der Waals surface area contributed by atoms with E-state index >= 15 is 0 Å². The number of benzene rings is 2. The molecule has 29 heavy (non-hydrogen) atoms. The Balaban J connectivity index is 1.28. The van der Waals surface area contributed by atoms with Gasteiger partial charge < -0.3 is 20.0 Å². The van der Waals surface area contributed by atoms with Crippen molar-refractivity contribution in [1.82, 2.24) is 4.90 Å². The van der Waals surface area contributed by atoms with Crippen LogP contribution in [0.5, 0.6) is 0 Å². The van der Waals surface area contributed by atoms with Gasteiger partial charge >= 0.3 is 6.03 Å². The van der Waals surface area contributed by atoms with Crippen molar-refractivity contribution < 1.29 is 4.79 Å². The summed E-state index contributed by atoms with van der Waals surface area (Å²) in [6, 6.07) is 17.1. The number of piperazine rings is 1. The Bertz CT molecular complexity index is 789. The van der Waals surface area contributed by atoms with Gasteiger partial charge in [-0.3, -0.25) is 0 Å². The van der Waals surface area contributed by atoms with Gasteiger partial charge in [0.2, 0.25) is 0 Å². The molecule has 2 aliphatic heterocycles. The first kappa shape index (κ1) is 19.6. The first-order valence-corrected chi connectivity index (χ1v) is 11.0. The number of amides is 2. The highest BCUT2D eigenvalue weighted by Crippen LogP contribution is 2.22. The zero-order valence-corrected chi connectivity index (χ0v) is 17.4. The lowest BCUT2D eigenvalue weighted by molar-refractivity contribution is 0.208. The lowest BCUT2D eigenvalue weighted by Gasteiger charge is -2.36. The number of urea groups is 1. The van der Waals surface area contributed by atoms with E-state index in [1.54, 1.807) is 0 Å². The Morgan fingerprint density at radius 3 is 1.90 bits per heavy atom. The van der Waals surface area contributed by atoms with E-state index in [-0.39, 0.29) is 6.03 Å². The number of anilines is 3. The number of rotatable bonds is 4. The average Bonchev–Trinajstić information content (AvgIpc) is 2.80. The van der Waals surface area contributed by atoms with E-state index in [2.05, 4.69) is 58.4 Å². The highest BCUT2D eigenvalue weighted by Gasteiger charge is 2.21. The van der Waals surface area contributed by atoms with E-state index in [0.717, 1.165) is 51.4 Å². The predicted molar refractivity (Wildman–Crippen MR) is 121 cm³/mol. The molecule has 0 atom stereocenters. The molecule has 0 aliphatic carbocycles. The van der Waals surface area contributed by atoms with Gasteiger partial charge in [-0.25, -0.2) is 4.79 Å². The molecule has 2 heterocycles. The van der Waals surface area contributed by atoms with E-state index in [0.29, 0.717) is 0 Å². The number of nitrogens with one attached hydrogen (secondary N) is 1. The maximum Gasteiger partial charge on any atom is 0.321 e. The largest absolute Gasteiger partial charge is 0.372 e. The second-order valence-corrected chi connectivity index (χ2v) is 8.02. The van der Waals surface area contributed by atoms with Crippen molar-refractivity contribution in [2.45, 2.75) is 32.6 Å². The molecular formula is C24H32N4O. The summed E-state index contributed by atoms with van der Waals surface area (Å²) in [4.78, 5) is 19.4. The SMILES string of the molecule is CCc1ccc(N2CCN(C(=O)Nc3ccc(N4CCCCC4)cc3)CC2)cc1. The van der Waals surface area contributed by atoms with Crippen LogP contribution in [0, 0.1) is 0 Å². The highest BCUT2D eigenvalue weighted by molar-refractivity contribution is 5.89. The van der Waals surface area contributed by atoms with Crippen molar-refractivity contribution in [2.75, 3.05) is 54.4 Å². The Labute approximate surface area is 174 Å². The smallest absolute Gasteiger partial charge is 0.321 e. The van der Waals surface area contributed by atoms with Gasteiger partial charge in [0, 0.05) is 56.3 Å². The molecule has 0 aromatic heterocycles. The standard InChI is InChI=1S/C24H32N4O/c1-2-20-6-10-22(11-7-20)27-16-18-28(19-17-27)24(29)25-21-8-12-23(13-9-21)26-14-4-3-5-15-26/h6-13H,2-5,14-19H2,1H3,(H,25,29). The van der Waals surface area contributed by atoms with Crippen LogP contribution < -0.4 is 15.1 Å². The monoisotopic (exact) mass is 392 g/mol. The summed E-state index contributed by atoms with van der Waals surface area (Å²) in [5.74, 6) is 0. The van der Waals surface area contributed by atoms with Crippen molar-refractivity contribution in [3.63, 3.8) is 0 Å². The molecular weight excluding hydrogens is 360 g/mol. The van der Waals surface area contributed by atoms with Crippen LogP contribution in [0.1, 0.15) is 31.7 Å². The Morgan fingerprint density at radius 2 is 1.31 bits per heavy atom. The minimum Gasteiger partial charge on any atom is -0.372 e. The van der Waals surface area contributed by atoms with Gasteiger partial charge in [-0.05, 0) is 67.6 Å². The summed E-state index contributed by atoms with van der Waals surface area (Å²) < 4.78 is 0. The zero-order chi connectivity index (χ0) is 20.1. The summed E-state index contributed by atoms with van der Waals surface area (Å²) in [7, 11) is 0. The number of carbonyl (C=O) groups is 1. The van der Waals surface area contributed by atoms with Gasteiger partial charge in [0.1, 0.15) is 0 Å². The van der Waals surface area contributed by atoms with Crippen LogP contribution in [-0.2, 0) is 6.42 Å². The van der Waals surface area contributed by atoms with E-state index < -0.39 is 0 Å². The minimum absolute atomic E-state index is 0.00305. The summed E-state index contributed by atoms with van der Waals surface area (Å²) >= 11 is 0. The zero-order valence-electron chi connectivity index (χ0n) is 17.4. The minimum atomic E-state index is -0.00305. The van der Waals surface area contributed by atoms with Gasteiger partial charge in [0.05, 0.1) is 0 Å². The maximum absolute atomic E-state index is 12.7. The summed E-state index contributed by atoms with van der Waals surface area (Å²) in [6.07, 6.45) is 4.94. The molecule has 0 bridgehead atoms.